The minimum atomic E-state index is -3.40. The highest BCUT2D eigenvalue weighted by Gasteiger charge is 2.21. The van der Waals surface area contributed by atoms with Gasteiger partial charge >= 0.3 is 0 Å². The number of hydrogen-bond donors (Lipinski definition) is 1. The van der Waals surface area contributed by atoms with E-state index in [9.17, 15) is 8.42 Å². The van der Waals surface area contributed by atoms with Crippen LogP contribution in [0.25, 0.3) is 0 Å². The van der Waals surface area contributed by atoms with Crippen molar-refractivity contribution in [1.29, 1.82) is 0 Å². The van der Waals surface area contributed by atoms with E-state index in [1.165, 1.54) is 31.2 Å². The zero-order valence-corrected chi connectivity index (χ0v) is 17.6. The van der Waals surface area contributed by atoms with Gasteiger partial charge in [-0.15, -0.1) is 0 Å². The average molecular weight is 397 g/mol. The van der Waals surface area contributed by atoms with E-state index < -0.39 is 10.0 Å². The highest BCUT2D eigenvalue weighted by Crippen LogP contribution is 2.28. The van der Waals surface area contributed by atoms with Crippen LogP contribution in [0.5, 0.6) is 0 Å². The lowest BCUT2D eigenvalue weighted by Crippen LogP contribution is -2.40. The Balaban J connectivity index is 1.92. The Morgan fingerprint density at radius 2 is 1.89 bits per heavy atom. The van der Waals surface area contributed by atoms with Crippen molar-refractivity contribution in [3.8, 4) is 0 Å². The van der Waals surface area contributed by atoms with Gasteiger partial charge < -0.3 is 15.0 Å². The van der Waals surface area contributed by atoms with Gasteiger partial charge in [-0.2, -0.15) is 0 Å². The number of likely N-dealkylation sites (N-methyl/N-ethyl adjacent to an activating group) is 1. The number of sulfonamides is 1. The summed E-state index contributed by atoms with van der Waals surface area (Å²) in [5.41, 5.74) is 0.960. The molecule has 152 valence electrons. The molecule has 0 unspecified atom stereocenters. The highest BCUT2D eigenvalue weighted by molar-refractivity contribution is 7.89. The SMILES string of the molecule is CCNC(=NCc1ccc(S(=O)(=O)N(C)C)cc1)N(C)CCOCC1CC1. The molecule has 0 radical (unpaired) electrons. The average Bonchev–Trinajstić information content (AvgIpc) is 3.46. The first-order chi connectivity index (χ1) is 12.8. The lowest BCUT2D eigenvalue weighted by Gasteiger charge is -2.22. The second kappa shape index (κ2) is 10.1. The van der Waals surface area contributed by atoms with Gasteiger partial charge in [-0.25, -0.2) is 17.7 Å². The Labute approximate surface area is 163 Å². The molecule has 0 bridgehead atoms. The van der Waals surface area contributed by atoms with Crippen LogP contribution in [0.3, 0.4) is 0 Å². The summed E-state index contributed by atoms with van der Waals surface area (Å²) < 4.78 is 31.2. The van der Waals surface area contributed by atoms with E-state index in [2.05, 4.69) is 15.2 Å². The van der Waals surface area contributed by atoms with E-state index in [4.69, 9.17) is 4.74 Å². The number of aliphatic imine (C=N–C) groups is 1. The van der Waals surface area contributed by atoms with Crippen LogP contribution < -0.4 is 5.32 Å². The van der Waals surface area contributed by atoms with Crippen LogP contribution in [0.2, 0.25) is 0 Å². The molecule has 1 N–H and O–H groups in total. The number of hydrogen-bond acceptors (Lipinski definition) is 4. The van der Waals surface area contributed by atoms with E-state index in [0.29, 0.717) is 13.2 Å². The second-order valence-electron chi connectivity index (χ2n) is 7.04. The van der Waals surface area contributed by atoms with Gasteiger partial charge in [-0.05, 0) is 43.4 Å². The minimum Gasteiger partial charge on any atom is -0.379 e. The van der Waals surface area contributed by atoms with E-state index >= 15 is 0 Å². The summed E-state index contributed by atoms with van der Waals surface area (Å²) in [4.78, 5) is 7.00. The molecule has 1 saturated carbocycles. The third-order valence-corrected chi connectivity index (χ3v) is 6.26. The molecule has 27 heavy (non-hydrogen) atoms. The summed E-state index contributed by atoms with van der Waals surface area (Å²) in [6, 6.07) is 6.87. The summed E-state index contributed by atoms with van der Waals surface area (Å²) in [5.74, 6) is 1.59. The predicted octanol–water partition coefficient (Wildman–Crippen LogP) is 1.76. The maximum absolute atomic E-state index is 12.1. The maximum Gasteiger partial charge on any atom is 0.242 e. The molecule has 8 heteroatoms. The number of benzene rings is 1. The Morgan fingerprint density at radius 3 is 2.44 bits per heavy atom. The Bertz CT molecular complexity index is 713. The first-order valence-electron chi connectivity index (χ1n) is 9.43. The number of guanidine groups is 1. The Morgan fingerprint density at radius 1 is 1.22 bits per heavy atom. The van der Waals surface area contributed by atoms with Crippen molar-refractivity contribution in [3.05, 3.63) is 29.8 Å². The van der Waals surface area contributed by atoms with Crippen molar-refractivity contribution >= 4 is 16.0 Å². The molecule has 1 aromatic carbocycles. The van der Waals surface area contributed by atoms with E-state index in [1.54, 1.807) is 12.1 Å². The summed E-state index contributed by atoms with van der Waals surface area (Å²) in [6.07, 6.45) is 2.60. The third kappa shape index (κ3) is 6.79. The van der Waals surface area contributed by atoms with Gasteiger partial charge in [-0.1, -0.05) is 12.1 Å². The maximum atomic E-state index is 12.1. The standard InChI is InChI=1S/C19H32N4O3S/c1-5-20-19(23(4)12-13-26-15-17-6-7-17)21-14-16-8-10-18(11-9-16)27(24,25)22(2)3/h8-11,17H,5-7,12-15H2,1-4H3,(H,20,21). The largest absolute Gasteiger partial charge is 0.379 e. The molecule has 7 nitrogen and oxygen atoms in total. The van der Waals surface area contributed by atoms with Crippen molar-refractivity contribution in [2.75, 3.05) is 47.4 Å². The van der Waals surface area contributed by atoms with Gasteiger partial charge in [0.1, 0.15) is 0 Å². The fourth-order valence-corrected chi connectivity index (χ4v) is 3.36. The lowest BCUT2D eigenvalue weighted by atomic mass is 10.2. The Kier molecular flexibility index (Phi) is 8.07. The molecule has 0 atom stereocenters. The molecule has 0 saturated heterocycles. The van der Waals surface area contributed by atoms with Crippen LogP contribution in [0.4, 0.5) is 0 Å². The lowest BCUT2D eigenvalue weighted by molar-refractivity contribution is 0.115. The van der Waals surface area contributed by atoms with Crippen molar-refractivity contribution in [2.24, 2.45) is 10.9 Å². The van der Waals surface area contributed by atoms with Crippen LogP contribution in [0.1, 0.15) is 25.3 Å². The summed E-state index contributed by atoms with van der Waals surface area (Å²) in [7, 11) is 1.65. The van der Waals surface area contributed by atoms with Gasteiger partial charge in [-0.3, -0.25) is 0 Å². The van der Waals surface area contributed by atoms with Crippen molar-refractivity contribution in [3.63, 3.8) is 0 Å². The van der Waals surface area contributed by atoms with Gasteiger partial charge in [0, 0.05) is 40.8 Å². The summed E-state index contributed by atoms with van der Waals surface area (Å²) >= 11 is 0. The molecule has 1 aliphatic carbocycles. The van der Waals surface area contributed by atoms with E-state index in [1.807, 2.05) is 26.1 Å². The highest BCUT2D eigenvalue weighted by atomic mass is 32.2. The number of nitrogens with zero attached hydrogens (tertiary/aromatic N) is 3. The molecule has 0 heterocycles. The molecular formula is C19H32N4O3S. The monoisotopic (exact) mass is 396 g/mol. The minimum absolute atomic E-state index is 0.289. The number of nitrogens with one attached hydrogen (secondary N) is 1. The van der Waals surface area contributed by atoms with Crippen LogP contribution in [-0.4, -0.2) is 71.0 Å². The molecule has 0 spiro atoms. The quantitative estimate of drug-likeness (QED) is 0.371. The molecule has 1 aliphatic rings. The van der Waals surface area contributed by atoms with E-state index in [0.717, 1.165) is 37.1 Å². The van der Waals surface area contributed by atoms with E-state index in [-0.39, 0.29) is 4.90 Å². The zero-order valence-electron chi connectivity index (χ0n) is 16.8. The third-order valence-electron chi connectivity index (χ3n) is 4.43. The first-order valence-corrected chi connectivity index (χ1v) is 10.9. The molecule has 0 amide bonds. The van der Waals surface area contributed by atoms with Crippen LogP contribution in [0, 0.1) is 5.92 Å². The summed E-state index contributed by atoms with van der Waals surface area (Å²) in [5, 5.41) is 3.28. The van der Waals surface area contributed by atoms with Crippen LogP contribution in [-0.2, 0) is 21.3 Å². The zero-order chi connectivity index (χ0) is 19.9. The van der Waals surface area contributed by atoms with Gasteiger partial charge in [0.05, 0.1) is 18.0 Å². The number of rotatable bonds is 10. The topological polar surface area (TPSA) is 74.2 Å². The predicted molar refractivity (Wildman–Crippen MR) is 108 cm³/mol. The molecule has 1 aromatic rings. The second-order valence-corrected chi connectivity index (χ2v) is 9.19. The van der Waals surface area contributed by atoms with Crippen molar-refractivity contribution in [1.82, 2.24) is 14.5 Å². The fourth-order valence-electron chi connectivity index (χ4n) is 2.46. The van der Waals surface area contributed by atoms with Gasteiger partial charge in [0.25, 0.3) is 0 Å². The molecular weight excluding hydrogens is 364 g/mol. The fraction of sp³-hybridized carbons (Fsp3) is 0.632. The van der Waals surface area contributed by atoms with Crippen molar-refractivity contribution in [2.45, 2.75) is 31.2 Å². The Hall–Kier alpha value is -1.64. The number of ether oxygens (including phenoxy) is 1. The summed E-state index contributed by atoms with van der Waals surface area (Å²) in [6.45, 7) is 5.63. The van der Waals surface area contributed by atoms with Crippen LogP contribution in [0.15, 0.2) is 34.2 Å². The molecule has 0 aromatic heterocycles. The smallest absolute Gasteiger partial charge is 0.242 e. The van der Waals surface area contributed by atoms with Crippen LogP contribution >= 0.6 is 0 Å². The molecule has 2 rings (SSSR count). The molecule has 1 fully saturated rings. The normalized spacial score (nSPS) is 15.2. The molecule has 0 aliphatic heterocycles. The van der Waals surface area contributed by atoms with Crippen molar-refractivity contribution < 1.29 is 13.2 Å². The van der Waals surface area contributed by atoms with Gasteiger partial charge in [0.15, 0.2) is 5.96 Å². The first kappa shape index (κ1) is 21.7. The van der Waals surface area contributed by atoms with Gasteiger partial charge in [0.2, 0.25) is 10.0 Å².